The van der Waals surface area contributed by atoms with Crippen LogP contribution in [0.3, 0.4) is 0 Å². The van der Waals surface area contributed by atoms with Crippen LogP contribution in [0.25, 0.3) is 0 Å². The molecule has 1 aliphatic heterocycles. The third-order valence-corrected chi connectivity index (χ3v) is 1.90. The third kappa shape index (κ3) is 16.5. The van der Waals surface area contributed by atoms with Gasteiger partial charge in [-0.25, -0.2) is 0 Å². The number of ether oxygens (including phenoxy) is 1. The zero-order chi connectivity index (χ0) is 11.9. The van der Waals surface area contributed by atoms with Crippen LogP contribution in [0, 0.1) is 0 Å². The maximum Gasteiger partial charge on any atom is 0.0594 e. The van der Waals surface area contributed by atoms with Crippen molar-refractivity contribution in [2.75, 3.05) is 60.5 Å². The fourth-order valence-electron chi connectivity index (χ4n) is 0.917. The van der Waals surface area contributed by atoms with Crippen molar-refractivity contribution in [2.45, 2.75) is 13.8 Å². The van der Waals surface area contributed by atoms with Crippen molar-refractivity contribution in [3.63, 3.8) is 0 Å². The molecule has 0 atom stereocenters. The van der Waals surface area contributed by atoms with Gasteiger partial charge in [0.25, 0.3) is 0 Å². The van der Waals surface area contributed by atoms with Crippen molar-refractivity contribution >= 4 is 0 Å². The molecule has 0 saturated carbocycles. The van der Waals surface area contributed by atoms with Crippen LogP contribution < -0.4 is 10.6 Å². The summed E-state index contributed by atoms with van der Waals surface area (Å²) in [6.45, 7) is 10.6. The van der Waals surface area contributed by atoms with E-state index in [1.165, 1.54) is 6.54 Å². The van der Waals surface area contributed by atoms with Crippen LogP contribution in [0.5, 0.6) is 0 Å². The lowest BCUT2D eigenvalue weighted by Crippen LogP contribution is -2.35. The summed E-state index contributed by atoms with van der Waals surface area (Å²) in [5.74, 6) is 0. The van der Waals surface area contributed by atoms with Gasteiger partial charge in [0.15, 0.2) is 0 Å². The van der Waals surface area contributed by atoms with Crippen molar-refractivity contribution < 1.29 is 4.74 Å². The van der Waals surface area contributed by atoms with E-state index in [0.29, 0.717) is 0 Å². The second-order valence-electron chi connectivity index (χ2n) is 3.25. The quantitative estimate of drug-likeness (QED) is 0.705. The molecule has 0 aliphatic carbocycles. The zero-order valence-corrected chi connectivity index (χ0v) is 11.1. The molecule has 1 saturated heterocycles. The zero-order valence-electron chi connectivity index (χ0n) is 11.1. The minimum atomic E-state index is 0.924. The molecule has 1 rings (SSSR count). The van der Waals surface area contributed by atoms with Crippen LogP contribution in [0.4, 0.5) is 0 Å². The van der Waals surface area contributed by atoms with E-state index >= 15 is 0 Å². The van der Waals surface area contributed by atoms with Crippen LogP contribution in [0.2, 0.25) is 0 Å². The van der Waals surface area contributed by atoms with Gasteiger partial charge in [-0.05, 0) is 34.2 Å². The standard InChI is InChI=1S/C6H13NO.C3H9N.C2H7N/c1-2-7-3-5-8-6-4-7;1-3-4-2;1-3-2/h2-6H2,1H3;4H,3H2,1-2H3;3H,1-2H3. The molecule has 4 heteroatoms. The van der Waals surface area contributed by atoms with E-state index in [-0.39, 0.29) is 0 Å². The van der Waals surface area contributed by atoms with Crippen molar-refractivity contribution in [1.29, 1.82) is 0 Å². The molecule has 0 spiro atoms. The number of nitrogens with one attached hydrogen (secondary N) is 2. The highest BCUT2D eigenvalue weighted by Gasteiger charge is 2.05. The summed E-state index contributed by atoms with van der Waals surface area (Å²) in [5, 5.41) is 5.68. The number of nitrogens with zero attached hydrogens (tertiary/aromatic N) is 1. The molecule has 0 bridgehead atoms. The molecule has 0 amide bonds. The number of rotatable bonds is 2. The van der Waals surface area contributed by atoms with Crippen LogP contribution in [0.15, 0.2) is 0 Å². The topological polar surface area (TPSA) is 36.5 Å². The van der Waals surface area contributed by atoms with Gasteiger partial charge < -0.3 is 15.4 Å². The number of hydrogen-bond acceptors (Lipinski definition) is 4. The average molecular weight is 219 g/mol. The monoisotopic (exact) mass is 219 g/mol. The molecule has 4 nitrogen and oxygen atoms in total. The molecular formula is C11H29N3O. The highest BCUT2D eigenvalue weighted by atomic mass is 16.5. The molecular weight excluding hydrogens is 190 g/mol. The molecule has 94 valence electrons. The predicted molar refractivity (Wildman–Crippen MR) is 67.5 cm³/mol. The Bertz CT molecular complexity index is 93.8. The number of likely N-dealkylation sites (N-methyl/N-ethyl adjacent to an activating group) is 1. The first kappa shape index (κ1) is 17.2. The summed E-state index contributed by atoms with van der Waals surface area (Å²) in [6, 6.07) is 0. The fourth-order valence-corrected chi connectivity index (χ4v) is 0.917. The van der Waals surface area contributed by atoms with E-state index in [4.69, 9.17) is 4.74 Å². The Labute approximate surface area is 95.4 Å². The SMILES string of the molecule is CCN1CCOCC1.CCNC.CNC. The predicted octanol–water partition coefficient (Wildman–Crippen LogP) is 0.400. The Morgan fingerprint density at radius 1 is 1.07 bits per heavy atom. The summed E-state index contributed by atoms with van der Waals surface area (Å²) in [7, 11) is 5.68. The molecule has 1 fully saturated rings. The molecule has 15 heavy (non-hydrogen) atoms. The van der Waals surface area contributed by atoms with Crippen LogP contribution in [-0.4, -0.2) is 65.4 Å². The van der Waals surface area contributed by atoms with Gasteiger partial charge in [-0.15, -0.1) is 0 Å². The van der Waals surface area contributed by atoms with E-state index in [1.807, 2.05) is 21.1 Å². The van der Waals surface area contributed by atoms with Gasteiger partial charge in [-0.2, -0.15) is 0 Å². The second kappa shape index (κ2) is 16.3. The Balaban J connectivity index is 0. The molecule has 0 aromatic heterocycles. The van der Waals surface area contributed by atoms with E-state index in [1.54, 1.807) is 0 Å². The van der Waals surface area contributed by atoms with Crippen molar-refractivity contribution in [2.24, 2.45) is 0 Å². The highest BCUT2D eigenvalue weighted by Crippen LogP contribution is 1.93. The maximum absolute atomic E-state index is 5.16. The minimum absolute atomic E-state index is 0.924. The second-order valence-corrected chi connectivity index (χ2v) is 3.25. The summed E-state index contributed by atoms with van der Waals surface area (Å²) in [4.78, 5) is 2.39. The molecule has 0 unspecified atom stereocenters. The van der Waals surface area contributed by atoms with Crippen LogP contribution in [-0.2, 0) is 4.74 Å². The van der Waals surface area contributed by atoms with Gasteiger partial charge in [0.1, 0.15) is 0 Å². The minimum Gasteiger partial charge on any atom is -0.379 e. The maximum atomic E-state index is 5.16. The molecule has 0 aromatic carbocycles. The van der Waals surface area contributed by atoms with Gasteiger partial charge in [0.2, 0.25) is 0 Å². The molecule has 0 radical (unpaired) electrons. The Kier molecular flexibility index (Phi) is 18.7. The van der Waals surface area contributed by atoms with E-state index in [2.05, 4.69) is 29.4 Å². The first-order valence-electron chi connectivity index (χ1n) is 5.79. The van der Waals surface area contributed by atoms with E-state index in [0.717, 1.165) is 32.8 Å². The summed E-state index contributed by atoms with van der Waals surface area (Å²) in [5.41, 5.74) is 0. The molecule has 0 aromatic rings. The summed E-state index contributed by atoms with van der Waals surface area (Å²) < 4.78 is 5.16. The van der Waals surface area contributed by atoms with Crippen molar-refractivity contribution in [3.05, 3.63) is 0 Å². The smallest absolute Gasteiger partial charge is 0.0594 e. The number of morpholine rings is 1. The van der Waals surface area contributed by atoms with Gasteiger partial charge in [0.05, 0.1) is 13.2 Å². The highest BCUT2D eigenvalue weighted by molar-refractivity contribution is 4.57. The Morgan fingerprint density at radius 2 is 1.47 bits per heavy atom. The normalized spacial score (nSPS) is 15.8. The molecule has 1 heterocycles. The third-order valence-electron chi connectivity index (χ3n) is 1.90. The van der Waals surface area contributed by atoms with E-state index in [9.17, 15) is 0 Å². The first-order valence-corrected chi connectivity index (χ1v) is 5.79. The summed E-state index contributed by atoms with van der Waals surface area (Å²) >= 11 is 0. The first-order chi connectivity index (χ1) is 7.26. The molecule has 2 N–H and O–H groups in total. The van der Waals surface area contributed by atoms with Crippen molar-refractivity contribution in [1.82, 2.24) is 15.5 Å². The van der Waals surface area contributed by atoms with E-state index < -0.39 is 0 Å². The van der Waals surface area contributed by atoms with Crippen molar-refractivity contribution in [3.8, 4) is 0 Å². The lowest BCUT2D eigenvalue weighted by molar-refractivity contribution is 0.0405. The van der Waals surface area contributed by atoms with Crippen LogP contribution in [0.1, 0.15) is 13.8 Å². The Hall–Kier alpha value is -0.160. The fraction of sp³-hybridized carbons (Fsp3) is 1.00. The van der Waals surface area contributed by atoms with Gasteiger partial charge >= 0.3 is 0 Å². The summed E-state index contributed by atoms with van der Waals surface area (Å²) in [6.07, 6.45) is 0. The largest absolute Gasteiger partial charge is 0.379 e. The van der Waals surface area contributed by atoms with Gasteiger partial charge in [-0.3, -0.25) is 4.90 Å². The lowest BCUT2D eigenvalue weighted by atomic mass is 10.4. The molecule has 1 aliphatic rings. The van der Waals surface area contributed by atoms with Gasteiger partial charge in [0, 0.05) is 13.1 Å². The lowest BCUT2D eigenvalue weighted by Gasteiger charge is -2.24. The number of hydrogen-bond donors (Lipinski definition) is 2. The Morgan fingerprint density at radius 3 is 1.67 bits per heavy atom. The van der Waals surface area contributed by atoms with Gasteiger partial charge in [-0.1, -0.05) is 13.8 Å². The van der Waals surface area contributed by atoms with Crippen LogP contribution >= 0.6 is 0 Å². The average Bonchev–Trinajstić information content (AvgIpc) is 2.31.